The minimum Gasteiger partial charge on any atom is -0.394 e. The fourth-order valence-corrected chi connectivity index (χ4v) is 5.07. The van der Waals surface area contributed by atoms with Gasteiger partial charge in [-0.3, -0.25) is 4.79 Å². The number of carbonyl (C=O) groups is 1. The summed E-state index contributed by atoms with van der Waals surface area (Å²) in [7, 11) is 1.60. The molecule has 13 heteroatoms. The molecule has 0 saturated carbocycles. The van der Waals surface area contributed by atoms with E-state index in [9.17, 15) is 23.8 Å². The van der Waals surface area contributed by atoms with Gasteiger partial charge in [0.15, 0.2) is 0 Å². The number of hydrogen-bond acceptors (Lipinski definition) is 8. The molecular weight excluding hydrogens is 516 g/mol. The first kappa shape index (κ1) is 24.7. The summed E-state index contributed by atoms with van der Waals surface area (Å²) in [5.74, 6) is -2.00. The average Bonchev–Trinajstić information content (AvgIpc) is 3.55. The minimum absolute atomic E-state index is 0.00387. The van der Waals surface area contributed by atoms with Crippen LogP contribution in [-0.2, 0) is 9.53 Å². The zero-order chi connectivity index (χ0) is 25.6. The van der Waals surface area contributed by atoms with E-state index in [1.165, 1.54) is 27.1 Å². The van der Waals surface area contributed by atoms with Crippen LogP contribution in [0.25, 0.3) is 21.5 Å². The van der Waals surface area contributed by atoms with Gasteiger partial charge in [0.25, 0.3) is 5.91 Å². The van der Waals surface area contributed by atoms with E-state index >= 15 is 0 Å². The van der Waals surface area contributed by atoms with E-state index in [4.69, 9.17) is 16.3 Å². The van der Waals surface area contributed by atoms with Crippen molar-refractivity contribution in [2.75, 3.05) is 18.6 Å². The van der Waals surface area contributed by atoms with Crippen molar-refractivity contribution >= 4 is 44.7 Å². The number of carbonyl (C=O) groups excluding carboxylic acids is 1. The lowest BCUT2D eigenvalue weighted by atomic mass is 9.94. The van der Waals surface area contributed by atoms with E-state index in [1.54, 1.807) is 18.6 Å². The molecule has 2 aromatic heterocycles. The van der Waals surface area contributed by atoms with Gasteiger partial charge in [0.2, 0.25) is 0 Å². The number of anilines is 1. The number of nitrogens with zero attached hydrogens (tertiary/aromatic N) is 5. The molecule has 1 aliphatic rings. The topological polar surface area (TPSA) is 114 Å². The van der Waals surface area contributed by atoms with Crippen LogP contribution in [0.15, 0.2) is 42.0 Å². The van der Waals surface area contributed by atoms with Crippen LogP contribution in [0.3, 0.4) is 0 Å². The highest BCUT2D eigenvalue weighted by Crippen LogP contribution is 2.33. The molecule has 0 spiro atoms. The number of thiazole rings is 1. The number of fused-ring (bicyclic) bond motifs is 1. The summed E-state index contributed by atoms with van der Waals surface area (Å²) in [6.45, 7) is -0.545. The highest BCUT2D eigenvalue weighted by Gasteiger charge is 2.42. The molecule has 1 aliphatic heterocycles. The van der Waals surface area contributed by atoms with E-state index in [-0.39, 0.29) is 28.6 Å². The van der Waals surface area contributed by atoms with Crippen molar-refractivity contribution in [3.63, 3.8) is 0 Å². The number of likely N-dealkylation sites (N-methyl/N-ethyl adjacent to an activating group) is 1. The molecule has 188 valence electrons. The summed E-state index contributed by atoms with van der Waals surface area (Å²) in [5.41, 5.74) is 3.02. The van der Waals surface area contributed by atoms with Gasteiger partial charge < -0.3 is 19.8 Å². The molecule has 0 unspecified atom stereocenters. The summed E-state index contributed by atoms with van der Waals surface area (Å²) in [6, 6.07) is 6.33. The normalized spacial score (nSPS) is 22.2. The van der Waals surface area contributed by atoms with E-state index in [1.807, 2.05) is 12.1 Å². The van der Waals surface area contributed by atoms with Crippen molar-refractivity contribution < 1.29 is 28.5 Å². The molecule has 1 saturated heterocycles. The third-order valence-corrected chi connectivity index (χ3v) is 7.28. The molecule has 2 N–H and O–H groups in total. The van der Waals surface area contributed by atoms with Gasteiger partial charge in [-0.05, 0) is 30.3 Å². The maximum atomic E-state index is 14.4. The number of aliphatic hydroxyl groups excluding tert-OH is 2. The molecule has 4 aromatic rings. The van der Waals surface area contributed by atoms with Gasteiger partial charge in [-0.15, -0.1) is 16.4 Å². The summed E-state index contributed by atoms with van der Waals surface area (Å²) >= 11 is 7.07. The van der Waals surface area contributed by atoms with E-state index in [0.29, 0.717) is 5.69 Å². The van der Waals surface area contributed by atoms with Crippen LogP contribution in [-0.4, -0.2) is 68.1 Å². The molecule has 5 rings (SSSR count). The molecule has 0 radical (unpaired) electrons. The Morgan fingerprint density at radius 1 is 1.31 bits per heavy atom. The molecule has 2 aromatic carbocycles. The number of hydrogen-bond donors (Lipinski definition) is 2. The van der Waals surface area contributed by atoms with Gasteiger partial charge in [0.05, 0.1) is 39.6 Å². The molecule has 1 fully saturated rings. The maximum absolute atomic E-state index is 14.4. The lowest BCUT2D eigenvalue weighted by molar-refractivity contribution is -0.169. The Bertz CT molecular complexity index is 1430. The fraction of sp³-hybridized carbons (Fsp3) is 0.304. The zero-order valence-corrected chi connectivity index (χ0v) is 20.3. The average molecular weight is 536 g/mol. The zero-order valence-electron chi connectivity index (χ0n) is 18.8. The molecule has 0 aliphatic carbocycles. The van der Waals surface area contributed by atoms with Gasteiger partial charge in [-0.25, -0.2) is 18.4 Å². The van der Waals surface area contributed by atoms with Crippen LogP contribution in [0.4, 0.5) is 14.5 Å². The Morgan fingerprint density at radius 2 is 2.11 bits per heavy atom. The second-order valence-corrected chi connectivity index (χ2v) is 9.66. The van der Waals surface area contributed by atoms with Gasteiger partial charge in [-0.2, -0.15) is 0 Å². The summed E-state index contributed by atoms with van der Waals surface area (Å²) in [4.78, 5) is 19.0. The Labute approximate surface area is 212 Å². The third kappa shape index (κ3) is 4.46. The van der Waals surface area contributed by atoms with E-state index in [0.717, 1.165) is 22.3 Å². The van der Waals surface area contributed by atoms with Gasteiger partial charge in [0, 0.05) is 24.7 Å². The van der Waals surface area contributed by atoms with Crippen LogP contribution in [0.5, 0.6) is 0 Å². The smallest absolute Gasteiger partial charge is 0.255 e. The molecule has 4 atom stereocenters. The molecule has 36 heavy (non-hydrogen) atoms. The standard InChI is InChI=1S/C23H20ClF2N5O4S/c1-30(11-2-3-16-21(4-11)36-10-27-16)23(34)19-7-18(22(33)20(9-32)35-19)31-8-17(28-29-31)12-5-15(26)13(24)6-14(12)25/h2-6,8,10,18-20,22,32-33H,7,9H2,1H3/t18-,19-,20-,22-/m1/s1. The van der Waals surface area contributed by atoms with Crippen molar-refractivity contribution in [2.24, 2.45) is 0 Å². The number of halogens is 3. The van der Waals surface area contributed by atoms with Crippen molar-refractivity contribution in [1.82, 2.24) is 20.0 Å². The highest BCUT2D eigenvalue weighted by molar-refractivity contribution is 7.16. The van der Waals surface area contributed by atoms with Gasteiger partial charge >= 0.3 is 0 Å². The van der Waals surface area contributed by atoms with Crippen LogP contribution >= 0.6 is 22.9 Å². The lowest BCUT2D eigenvalue weighted by Crippen LogP contribution is -2.52. The van der Waals surface area contributed by atoms with Crippen LogP contribution in [0.1, 0.15) is 12.5 Å². The molecule has 9 nitrogen and oxygen atoms in total. The minimum atomic E-state index is -1.24. The predicted molar refractivity (Wildman–Crippen MR) is 129 cm³/mol. The van der Waals surface area contributed by atoms with Crippen molar-refractivity contribution in [1.29, 1.82) is 0 Å². The van der Waals surface area contributed by atoms with Crippen molar-refractivity contribution in [2.45, 2.75) is 30.8 Å². The van der Waals surface area contributed by atoms with Crippen molar-refractivity contribution in [3.05, 3.63) is 58.7 Å². The Kier molecular flexibility index (Phi) is 6.70. The largest absolute Gasteiger partial charge is 0.394 e. The Morgan fingerprint density at radius 3 is 2.89 bits per heavy atom. The number of aliphatic hydroxyl groups is 2. The molecular formula is C23H20ClF2N5O4S. The summed E-state index contributed by atoms with van der Waals surface area (Å²) < 4.78 is 36.2. The maximum Gasteiger partial charge on any atom is 0.255 e. The highest BCUT2D eigenvalue weighted by atomic mass is 35.5. The number of aromatic nitrogens is 4. The van der Waals surface area contributed by atoms with Gasteiger partial charge in [-0.1, -0.05) is 16.8 Å². The quantitative estimate of drug-likeness (QED) is 0.377. The summed E-state index contributed by atoms with van der Waals surface area (Å²) in [5, 5.41) is 28.1. The van der Waals surface area contributed by atoms with Gasteiger partial charge in [0.1, 0.15) is 35.6 Å². The van der Waals surface area contributed by atoms with Crippen LogP contribution < -0.4 is 4.90 Å². The van der Waals surface area contributed by atoms with Crippen LogP contribution in [0, 0.1) is 11.6 Å². The predicted octanol–water partition coefficient (Wildman–Crippen LogP) is 3.20. The first-order valence-corrected chi connectivity index (χ1v) is 12.1. The Balaban J connectivity index is 1.41. The fourth-order valence-electron chi connectivity index (χ4n) is 4.20. The third-order valence-electron chi connectivity index (χ3n) is 6.19. The van der Waals surface area contributed by atoms with E-state index in [2.05, 4.69) is 15.3 Å². The molecule has 0 bridgehead atoms. The molecule has 3 heterocycles. The number of ether oxygens (including phenoxy) is 1. The first-order chi connectivity index (χ1) is 17.3. The van der Waals surface area contributed by atoms with Crippen LogP contribution in [0.2, 0.25) is 5.02 Å². The van der Waals surface area contributed by atoms with E-state index < -0.39 is 42.6 Å². The van der Waals surface area contributed by atoms with Crippen molar-refractivity contribution in [3.8, 4) is 11.3 Å². The first-order valence-electron chi connectivity index (χ1n) is 10.9. The number of amides is 1. The number of benzene rings is 2. The second kappa shape index (κ2) is 9.79. The molecule has 1 amide bonds. The Hall–Kier alpha value is -3.03. The summed E-state index contributed by atoms with van der Waals surface area (Å²) in [6.07, 6.45) is -1.99. The lowest BCUT2D eigenvalue weighted by Gasteiger charge is -2.39. The number of rotatable bonds is 5. The monoisotopic (exact) mass is 535 g/mol. The second-order valence-electron chi connectivity index (χ2n) is 8.37. The SMILES string of the molecule is CN(C(=O)[C@H]1C[C@@H](n2cc(-c3cc(F)c(Cl)cc3F)nn2)[C@@H](O)[C@@H](CO)O1)c1ccc2ncsc2c1.